The van der Waals surface area contributed by atoms with Crippen molar-refractivity contribution >= 4 is 0 Å². The highest BCUT2D eigenvalue weighted by Gasteiger charge is 2.20. The minimum Gasteiger partial charge on any atom is -0.242 e. The van der Waals surface area contributed by atoms with E-state index in [1.54, 1.807) is 19.2 Å². The van der Waals surface area contributed by atoms with E-state index in [1.165, 1.54) is 13.8 Å². The van der Waals surface area contributed by atoms with Crippen LogP contribution in [0.4, 0.5) is 4.39 Å². The van der Waals surface area contributed by atoms with Crippen LogP contribution in [0.5, 0.6) is 0 Å². The molecule has 1 heterocycles. The lowest BCUT2D eigenvalue weighted by Gasteiger charge is -2.12. The van der Waals surface area contributed by atoms with Gasteiger partial charge in [-0.15, -0.1) is 0 Å². The highest BCUT2D eigenvalue weighted by molar-refractivity contribution is 5.09. The third-order valence-electron chi connectivity index (χ3n) is 1.39. The summed E-state index contributed by atoms with van der Waals surface area (Å²) in [7, 11) is 0. The zero-order chi connectivity index (χ0) is 8.48. The minimum absolute atomic E-state index is 0.435. The van der Waals surface area contributed by atoms with Crippen molar-refractivity contribution in [1.29, 1.82) is 0 Å². The Morgan fingerprint density at radius 2 is 2.09 bits per heavy atom. The van der Waals surface area contributed by atoms with E-state index in [9.17, 15) is 4.39 Å². The first-order valence-corrected chi connectivity index (χ1v) is 3.49. The summed E-state index contributed by atoms with van der Waals surface area (Å²) in [4.78, 5) is 7.83. The van der Waals surface area contributed by atoms with Crippen LogP contribution in [0.2, 0.25) is 0 Å². The molecule has 0 aliphatic carbocycles. The number of hydrogen-bond acceptors (Lipinski definition) is 2. The van der Waals surface area contributed by atoms with Crippen molar-refractivity contribution in [3.05, 3.63) is 23.8 Å². The minimum atomic E-state index is -1.37. The van der Waals surface area contributed by atoms with Gasteiger partial charge >= 0.3 is 0 Å². The van der Waals surface area contributed by atoms with E-state index in [0.717, 1.165) is 0 Å². The van der Waals surface area contributed by atoms with Gasteiger partial charge in [-0.3, -0.25) is 0 Å². The largest absolute Gasteiger partial charge is 0.242 e. The Labute approximate surface area is 65.5 Å². The molecule has 0 unspecified atom stereocenters. The molecular weight excluding hydrogens is 143 g/mol. The molecule has 0 atom stereocenters. The molecule has 0 aliphatic rings. The summed E-state index contributed by atoms with van der Waals surface area (Å²) in [5.41, 5.74) is -0.932. The van der Waals surface area contributed by atoms with Crippen molar-refractivity contribution in [1.82, 2.24) is 9.97 Å². The van der Waals surface area contributed by atoms with Gasteiger partial charge in [0.05, 0.1) is 5.69 Å². The number of aromatic nitrogens is 2. The molecule has 1 aromatic rings. The number of alkyl halides is 1. The zero-order valence-corrected chi connectivity index (χ0v) is 6.93. The van der Waals surface area contributed by atoms with Crippen LogP contribution in [0.1, 0.15) is 25.4 Å². The van der Waals surface area contributed by atoms with Gasteiger partial charge in [0.25, 0.3) is 0 Å². The third-order valence-corrected chi connectivity index (χ3v) is 1.39. The van der Waals surface area contributed by atoms with Crippen molar-refractivity contribution in [3.8, 4) is 0 Å². The lowest BCUT2D eigenvalue weighted by Crippen LogP contribution is -2.12. The summed E-state index contributed by atoms with van der Waals surface area (Å²) in [6.07, 6.45) is 1.57. The van der Waals surface area contributed by atoms with Crippen LogP contribution in [0, 0.1) is 6.92 Å². The van der Waals surface area contributed by atoms with Crippen LogP contribution in [0.3, 0.4) is 0 Å². The summed E-state index contributed by atoms with van der Waals surface area (Å²) in [5, 5.41) is 0. The van der Waals surface area contributed by atoms with Crippen molar-refractivity contribution < 1.29 is 4.39 Å². The quantitative estimate of drug-likeness (QED) is 0.618. The monoisotopic (exact) mass is 154 g/mol. The van der Waals surface area contributed by atoms with Gasteiger partial charge in [-0.05, 0) is 26.8 Å². The first-order valence-electron chi connectivity index (χ1n) is 3.49. The fraction of sp³-hybridized carbons (Fsp3) is 0.500. The average molecular weight is 154 g/mol. The van der Waals surface area contributed by atoms with Gasteiger partial charge in [0.1, 0.15) is 11.5 Å². The fourth-order valence-electron chi connectivity index (χ4n) is 0.787. The Bertz CT molecular complexity index is 253. The molecular formula is C8H11FN2. The summed E-state index contributed by atoms with van der Waals surface area (Å²) in [5.74, 6) is 0.605. The number of hydrogen-bond donors (Lipinski definition) is 0. The lowest BCUT2D eigenvalue weighted by molar-refractivity contribution is 0.213. The molecule has 0 amide bonds. The molecule has 60 valence electrons. The molecule has 0 fully saturated rings. The van der Waals surface area contributed by atoms with Crippen LogP contribution in [0.15, 0.2) is 12.3 Å². The molecule has 11 heavy (non-hydrogen) atoms. The SMILES string of the molecule is Cc1nccc(C(C)(C)F)n1. The van der Waals surface area contributed by atoms with Gasteiger partial charge in [0, 0.05) is 6.20 Å². The molecule has 2 nitrogen and oxygen atoms in total. The molecule has 1 aromatic heterocycles. The average Bonchev–Trinajstić information content (AvgIpc) is 1.86. The number of nitrogens with zero attached hydrogens (tertiary/aromatic N) is 2. The Hall–Kier alpha value is -0.990. The highest BCUT2D eigenvalue weighted by Crippen LogP contribution is 2.21. The predicted molar refractivity (Wildman–Crippen MR) is 40.9 cm³/mol. The zero-order valence-electron chi connectivity index (χ0n) is 6.93. The summed E-state index contributed by atoms with van der Waals surface area (Å²) >= 11 is 0. The standard InChI is InChI=1S/C8H11FN2/c1-6-10-5-4-7(11-6)8(2,3)9/h4-5H,1-3H3. The van der Waals surface area contributed by atoms with E-state index in [0.29, 0.717) is 11.5 Å². The number of aryl methyl sites for hydroxylation is 1. The summed E-state index contributed by atoms with van der Waals surface area (Å²) in [6, 6.07) is 1.59. The third kappa shape index (κ3) is 1.97. The molecule has 0 bridgehead atoms. The summed E-state index contributed by atoms with van der Waals surface area (Å²) < 4.78 is 13.2. The Balaban J connectivity index is 3.06. The van der Waals surface area contributed by atoms with Crippen molar-refractivity contribution in [3.63, 3.8) is 0 Å². The van der Waals surface area contributed by atoms with Crippen LogP contribution in [-0.2, 0) is 5.67 Å². The maximum atomic E-state index is 13.2. The topological polar surface area (TPSA) is 25.8 Å². The van der Waals surface area contributed by atoms with Crippen LogP contribution in [0.25, 0.3) is 0 Å². The first-order chi connectivity index (χ1) is 5.00. The van der Waals surface area contributed by atoms with Crippen molar-refractivity contribution in [2.45, 2.75) is 26.4 Å². The molecule has 0 radical (unpaired) electrons. The maximum absolute atomic E-state index is 13.2. The van der Waals surface area contributed by atoms with Gasteiger partial charge in [-0.25, -0.2) is 14.4 Å². The van der Waals surface area contributed by atoms with Crippen LogP contribution in [-0.4, -0.2) is 9.97 Å². The maximum Gasteiger partial charge on any atom is 0.147 e. The van der Waals surface area contributed by atoms with Crippen molar-refractivity contribution in [2.24, 2.45) is 0 Å². The molecule has 0 saturated heterocycles. The van der Waals surface area contributed by atoms with Gasteiger partial charge in [-0.1, -0.05) is 0 Å². The van der Waals surface area contributed by atoms with E-state index in [-0.39, 0.29) is 0 Å². The van der Waals surface area contributed by atoms with E-state index >= 15 is 0 Å². The Kier molecular flexibility index (Phi) is 1.89. The van der Waals surface area contributed by atoms with Gasteiger partial charge in [0.15, 0.2) is 0 Å². The van der Waals surface area contributed by atoms with Crippen LogP contribution < -0.4 is 0 Å². The molecule has 0 aromatic carbocycles. The molecule has 0 saturated carbocycles. The van der Waals surface area contributed by atoms with E-state index in [1.807, 2.05) is 0 Å². The molecule has 0 aliphatic heterocycles. The van der Waals surface area contributed by atoms with Gasteiger partial charge < -0.3 is 0 Å². The van der Waals surface area contributed by atoms with E-state index < -0.39 is 5.67 Å². The predicted octanol–water partition coefficient (Wildman–Crippen LogP) is 1.99. The first kappa shape index (κ1) is 8.11. The Morgan fingerprint density at radius 3 is 2.45 bits per heavy atom. The number of rotatable bonds is 1. The van der Waals surface area contributed by atoms with E-state index in [4.69, 9.17) is 0 Å². The second-order valence-electron chi connectivity index (χ2n) is 2.96. The lowest BCUT2D eigenvalue weighted by atomic mass is 10.1. The Morgan fingerprint density at radius 1 is 1.45 bits per heavy atom. The fourth-order valence-corrected chi connectivity index (χ4v) is 0.787. The van der Waals surface area contributed by atoms with E-state index in [2.05, 4.69) is 9.97 Å². The second-order valence-corrected chi connectivity index (χ2v) is 2.96. The highest BCUT2D eigenvalue weighted by atomic mass is 19.1. The normalized spacial score (nSPS) is 11.6. The number of halogens is 1. The van der Waals surface area contributed by atoms with Gasteiger partial charge in [0.2, 0.25) is 0 Å². The molecule has 3 heteroatoms. The smallest absolute Gasteiger partial charge is 0.147 e. The molecule has 0 spiro atoms. The second kappa shape index (κ2) is 2.57. The summed E-state index contributed by atoms with van der Waals surface area (Å²) in [6.45, 7) is 4.71. The van der Waals surface area contributed by atoms with Crippen molar-refractivity contribution in [2.75, 3.05) is 0 Å². The van der Waals surface area contributed by atoms with Crippen LogP contribution >= 0.6 is 0 Å². The molecule has 1 rings (SSSR count). The molecule has 0 N–H and O–H groups in total. The van der Waals surface area contributed by atoms with Gasteiger partial charge in [-0.2, -0.15) is 0 Å².